The second-order valence-electron chi connectivity index (χ2n) is 4.70. The van der Waals surface area contributed by atoms with Gasteiger partial charge in [0.25, 0.3) is 0 Å². The van der Waals surface area contributed by atoms with Gasteiger partial charge in [-0.1, -0.05) is 25.1 Å². The third-order valence-electron chi connectivity index (χ3n) is 3.00. The van der Waals surface area contributed by atoms with Crippen molar-refractivity contribution in [3.05, 3.63) is 29.8 Å². The predicted octanol–water partition coefficient (Wildman–Crippen LogP) is 0.969. The van der Waals surface area contributed by atoms with E-state index in [1.807, 2.05) is 31.2 Å². The Morgan fingerprint density at radius 2 is 2.00 bits per heavy atom. The zero-order valence-electron chi connectivity index (χ0n) is 12.6. The molecule has 6 nitrogen and oxygen atoms in total. The third kappa shape index (κ3) is 5.93. The number of carbonyl (C=O) groups excluding carboxylic acids is 2. The molecule has 0 aliphatic carbocycles. The Labute approximate surface area is 125 Å². The van der Waals surface area contributed by atoms with Gasteiger partial charge in [-0.05, 0) is 24.6 Å². The van der Waals surface area contributed by atoms with Crippen LogP contribution in [0.2, 0.25) is 0 Å². The van der Waals surface area contributed by atoms with Crippen molar-refractivity contribution in [2.45, 2.75) is 19.9 Å². The first-order valence-electron chi connectivity index (χ1n) is 6.97. The standard InChI is InChI=1S/C15H23N3O3/c1-3-8-18(11-15(20)21-2)10-14(19)17-13-7-5-4-6-12(13)9-16/h4-7H,3,8-11,16H2,1-2H3,(H,17,19). The lowest BCUT2D eigenvalue weighted by Crippen LogP contribution is -2.38. The molecule has 1 aromatic rings. The van der Waals surface area contributed by atoms with Gasteiger partial charge < -0.3 is 15.8 Å². The van der Waals surface area contributed by atoms with Crippen LogP contribution in [-0.2, 0) is 20.9 Å². The number of hydrogen-bond acceptors (Lipinski definition) is 5. The van der Waals surface area contributed by atoms with Gasteiger partial charge >= 0.3 is 5.97 Å². The van der Waals surface area contributed by atoms with Crippen molar-refractivity contribution in [1.82, 2.24) is 4.90 Å². The van der Waals surface area contributed by atoms with Crippen LogP contribution in [0.1, 0.15) is 18.9 Å². The fourth-order valence-electron chi connectivity index (χ4n) is 1.99. The highest BCUT2D eigenvalue weighted by Gasteiger charge is 2.14. The van der Waals surface area contributed by atoms with E-state index in [9.17, 15) is 9.59 Å². The summed E-state index contributed by atoms with van der Waals surface area (Å²) >= 11 is 0. The number of amides is 1. The molecule has 0 unspecified atom stereocenters. The molecule has 0 fully saturated rings. The van der Waals surface area contributed by atoms with Gasteiger partial charge in [0, 0.05) is 12.2 Å². The number of nitrogens with two attached hydrogens (primary N) is 1. The summed E-state index contributed by atoms with van der Waals surface area (Å²) in [5, 5.41) is 2.83. The summed E-state index contributed by atoms with van der Waals surface area (Å²) < 4.78 is 4.63. The highest BCUT2D eigenvalue weighted by atomic mass is 16.5. The van der Waals surface area contributed by atoms with E-state index in [0.29, 0.717) is 18.8 Å². The maximum atomic E-state index is 12.1. The zero-order chi connectivity index (χ0) is 15.7. The van der Waals surface area contributed by atoms with Crippen molar-refractivity contribution in [2.75, 3.05) is 32.1 Å². The lowest BCUT2D eigenvalue weighted by atomic mass is 10.2. The second-order valence-corrected chi connectivity index (χ2v) is 4.70. The molecule has 116 valence electrons. The van der Waals surface area contributed by atoms with E-state index in [-0.39, 0.29) is 25.0 Å². The van der Waals surface area contributed by atoms with Gasteiger partial charge in [-0.15, -0.1) is 0 Å². The molecule has 0 saturated carbocycles. The van der Waals surface area contributed by atoms with E-state index in [1.54, 1.807) is 4.90 Å². The number of para-hydroxylation sites is 1. The number of rotatable bonds is 8. The van der Waals surface area contributed by atoms with E-state index >= 15 is 0 Å². The molecule has 0 radical (unpaired) electrons. The van der Waals surface area contributed by atoms with Crippen LogP contribution in [0, 0.1) is 0 Å². The fourth-order valence-corrected chi connectivity index (χ4v) is 1.99. The van der Waals surface area contributed by atoms with E-state index < -0.39 is 0 Å². The van der Waals surface area contributed by atoms with E-state index in [1.165, 1.54) is 7.11 Å². The number of hydrogen-bond donors (Lipinski definition) is 2. The summed E-state index contributed by atoms with van der Waals surface area (Å²) in [6, 6.07) is 7.39. The number of nitrogens with one attached hydrogen (secondary N) is 1. The van der Waals surface area contributed by atoms with Crippen LogP contribution in [0.5, 0.6) is 0 Å². The Bertz CT molecular complexity index is 477. The largest absolute Gasteiger partial charge is 0.468 e. The predicted molar refractivity (Wildman–Crippen MR) is 81.7 cm³/mol. The van der Waals surface area contributed by atoms with Gasteiger partial charge in [0.15, 0.2) is 0 Å². The van der Waals surface area contributed by atoms with Crippen LogP contribution < -0.4 is 11.1 Å². The van der Waals surface area contributed by atoms with Crippen molar-refractivity contribution in [3.8, 4) is 0 Å². The molecule has 0 atom stereocenters. The molecule has 0 aliphatic rings. The fraction of sp³-hybridized carbons (Fsp3) is 0.467. The Hall–Kier alpha value is -1.92. The monoisotopic (exact) mass is 293 g/mol. The Morgan fingerprint density at radius 1 is 1.29 bits per heavy atom. The normalized spacial score (nSPS) is 10.5. The van der Waals surface area contributed by atoms with Crippen molar-refractivity contribution in [2.24, 2.45) is 5.73 Å². The van der Waals surface area contributed by atoms with E-state index in [0.717, 1.165) is 12.0 Å². The minimum Gasteiger partial charge on any atom is -0.468 e. The molecule has 0 aromatic heterocycles. The number of anilines is 1. The zero-order valence-corrected chi connectivity index (χ0v) is 12.6. The van der Waals surface area contributed by atoms with E-state index in [4.69, 9.17) is 5.73 Å². The summed E-state index contributed by atoms with van der Waals surface area (Å²) in [5.74, 6) is -0.521. The van der Waals surface area contributed by atoms with Crippen molar-refractivity contribution in [3.63, 3.8) is 0 Å². The number of ether oxygens (including phenoxy) is 1. The molecule has 6 heteroatoms. The summed E-state index contributed by atoms with van der Waals surface area (Å²) in [6.07, 6.45) is 0.851. The average molecular weight is 293 g/mol. The molecular formula is C15H23N3O3. The molecule has 21 heavy (non-hydrogen) atoms. The van der Waals surface area contributed by atoms with Gasteiger partial charge in [-0.25, -0.2) is 0 Å². The maximum absolute atomic E-state index is 12.1. The Balaban J connectivity index is 2.62. The van der Waals surface area contributed by atoms with Gasteiger partial charge in [0.05, 0.1) is 20.2 Å². The van der Waals surface area contributed by atoms with E-state index in [2.05, 4.69) is 10.1 Å². The lowest BCUT2D eigenvalue weighted by Gasteiger charge is -2.20. The van der Waals surface area contributed by atoms with Gasteiger partial charge in [0.2, 0.25) is 5.91 Å². The minimum atomic E-state index is -0.349. The minimum absolute atomic E-state index is 0.107. The Morgan fingerprint density at radius 3 is 2.62 bits per heavy atom. The topological polar surface area (TPSA) is 84.7 Å². The molecular weight excluding hydrogens is 270 g/mol. The SMILES string of the molecule is CCCN(CC(=O)Nc1ccccc1CN)CC(=O)OC. The average Bonchev–Trinajstić information content (AvgIpc) is 2.47. The summed E-state index contributed by atoms with van der Waals surface area (Å²) in [4.78, 5) is 25.2. The molecule has 0 spiro atoms. The number of esters is 1. The molecule has 1 amide bonds. The summed E-state index contributed by atoms with van der Waals surface area (Å²) in [7, 11) is 1.34. The number of methoxy groups -OCH3 is 1. The van der Waals surface area contributed by atoms with Crippen LogP contribution in [0.3, 0.4) is 0 Å². The third-order valence-corrected chi connectivity index (χ3v) is 3.00. The molecule has 0 aliphatic heterocycles. The first-order valence-corrected chi connectivity index (χ1v) is 6.97. The van der Waals surface area contributed by atoms with Crippen LogP contribution in [-0.4, -0.2) is 43.5 Å². The highest BCUT2D eigenvalue weighted by molar-refractivity contribution is 5.93. The number of carbonyl (C=O) groups is 2. The van der Waals surface area contributed by atoms with Crippen molar-refractivity contribution < 1.29 is 14.3 Å². The highest BCUT2D eigenvalue weighted by Crippen LogP contribution is 2.13. The molecule has 1 aromatic carbocycles. The molecule has 0 heterocycles. The molecule has 1 rings (SSSR count). The number of benzene rings is 1. The first-order chi connectivity index (χ1) is 10.1. The quantitative estimate of drug-likeness (QED) is 0.698. The van der Waals surface area contributed by atoms with Gasteiger partial charge in [-0.3, -0.25) is 14.5 Å². The maximum Gasteiger partial charge on any atom is 0.319 e. The summed E-state index contributed by atoms with van der Waals surface area (Å²) in [5.41, 5.74) is 7.22. The molecule has 0 saturated heterocycles. The number of nitrogens with zero attached hydrogens (tertiary/aromatic N) is 1. The Kier molecular flexibility index (Phi) is 7.42. The van der Waals surface area contributed by atoms with Gasteiger partial charge in [-0.2, -0.15) is 0 Å². The van der Waals surface area contributed by atoms with Gasteiger partial charge in [0.1, 0.15) is 0 Å². The van der Waals surface area contributed by atoms with Crippen LogP contribution in [0.15, 0.2) is 24.3 Å². The van der Waals surface area contributed by atoms with Crippen molar-refractivity contribution in [1.29, 1.82) is 0 Å². The van der Waals surface area contributed by atoms with Crippen molar-refractivity contribution >= 4 is 17.6 Å². The summed E-state index contributed by atoms with van der Waals surface area (Å²) in [6.45, 7) is 3.25. The van der Waals surface area contributed by atoms with Crippen LogP contribution in [0.25, 0.3) is 0 Å². The lowest BCUT2D eigenvalue weighted by molar-refractivity contribution is -0.142. The van der Waals surface area contributed by atoms with Crippen LogP contribution >= 0.6 is 0 Å². The van der Waals surface area contributed by atoms with Crippen LogP contribution in [0.4, 0.5) is 5.69 Å². The molecule has 3 N–H and O–H groups in total. The smallest absolute Gasteiger partial charge is 0.319 e. The first kappa shape index (κ1) is 17.1. The molecule has 0 bridgehead atoms. The second kappa shape index (κ2) is 9.10.